The summed E-state index contributed by atoms with van der Waals surface area (Å²) in [5.74, 6) is 1.17. The smallest absolute Gasteiger partial charge is 0.255 e. The molecule has 7 nitrogen and oxygen atoms in total. The zero-order valence-electron chi connectivity index (χ0n) is 16.9. The van der Waals surface area contributed by atoms with Gasteiger partial charge in [-0.1, -0.05) is 12.1 Å². The number of aromatic nitrogens is 3. The fourth-order valence-corrected chi connectivity index (χ4v) is 3.81. The summed E-state index contributed by atoms with van der Waals surface area (Å²) in [6.07, 6.45) is 6.37. The molecule has 4 rings (SSSR count). The standard InChI is InChI=1S/C23H24N4O3/c1-3-4-17-11-15(12-20(30-2)21(17)28)13-27-10-7-19-18(14-27)23(29)26-22(25-19)16-5-8-24-9-6-16/h3,5-6,8-9,11-12,28H,1,4,7,10,13-14H2,2H3,(H,25,26,29). The number of methoxy groups -OCH3 is 1. The minimum Gasteiger partial charge on any atom is -0.504 e. The lowest BCUT2D eigenvalue weighted by atomic mass is 10.0. The molecule has 3 aromatic rings. The van der Waals surface area contributed by atoms with Crippen molar-refractivity contribution in [3.05, 3.63) is 82.1 Å². The largest absolute Gasteiger partial charge is 0.504 e. The number of rotatable bonds is 6. The van der Waals surface area contributed by atoms with Gasteiger partial charge in [0.2, 0.25) is 0 Å². The van der Waals surface area contributed by atoms with E-state index in [2.05, 4.69) is 26.4 Å². The summed E-state index contributed by atoms with van der Waals surface area (Å²) in [6, 6.07) is 7.47. The van der Waals surface area contributed by atoms with E-state index >= 15 is 0 Å². The van der Waals surface area contributed by atoms with Gasteiger partial charge in [-0.3, -0.25) is 14.7 Å². The van der Waals surface area contributed by atoms with Gasteiger partial charge in [-0.15, -0.1) is 6.58 Å². The van der Waals surface area contributed by atoms with Crippen molar-refractivity contribution in [2.75, 3.05) is 13.7 Å². The van der Waals surface area contributed by atoms with Crippen LogP contribution in [0.15, 0.2) is 54.1 Å². The van der Waals surface area contributed by atoms with Crippen molar-refractivity contribution in [2.45, 2.75) is 25.9 Å². The van der Waals surface area contributed by atoms with Crippen LogP contribution in [-0.4, -0.2) is 38.6 Å². The van der Waals surface area contributed by atoms with E-state index < -0.39 is 0 Å². The van der Waals surface area contributed by atoms with Crippen molar-refractivity contribution >= 4 is 0 Å². The van der Waals surface area contributed by atoms with E-state index in [-0.39, 0.29) is 11.3 Å². The van der Waals surface area contributed by atoms with E-state index in [9.17, 15) is 9.90 Å². The fraction of sp³-hybridized carbons (Fsp3) is 0.261. The molecule has 0 unspecified atom stereocenters. The van der Waals surface area contributed by atoms with Crippen LogP contribution >= 0.6 is 0 Å². The number of H-pyrrole nitrogens is 1. The van der Waals surface area contributed by atoms with Crippen LogP contribution in [0, 0.1) is 0 Å². The lowest BCUT2D eigenvalue weighted by molar-refractivity contribution is 0.241. The van der Waals surface area contributed by atoms with Gasteiger partial charge in [-0.2, -0.15) is 0 Å². The van der Waals surface area contributed by atoms with E-state index in [1.807, 2.05) is 24.3 Å². The van der Waals surface area contributed by atoms with Gasteiger partial charge in [0.25, 0.3) is 5.56 Å². The highest BCUT2D eigenvalue weighted by Crippen LogP contribution is 2.33. The van der Waals surface area contributed by atoms with Crippen molar-refractivity contribution in [1.29, 1.82) is 0 Å². The van der Waals surface area contributed by atoms with Gasteiger partial charge in [0, 0.05) is 49.6 Å². The molecule has 2 N–H and O–H groups in total. The number of aromatic hydroxyl groups is 1. The van der Waals surface area contributed by atoms with Crippen LogP contribution in [0.5, 0.6) is 11.5 Å². The molecule has 0 atom stereocenters. The van der Waals surface area contributed by atoms with E-state index in [0.29, 0.717) is 43.1 Å². The highest BCUT2D eigenvalue weighted by molar-refractivity contribution is 5.54. The van der Waals surface area contributed by atoms with Crippen molar-refractivity contribution in [3.63, 3.8) is 0 Å². The average molecular weight is 404 g/mol. The first kappa shape index (κ1) is 19.8. The van der Waals surface area contributed by atoms with Crippen LogP contribution in [0.2, 0.25) is 0 Å². The maximum absolute atomic E-state index is 12.7. The second-order valence-electron chi connectivity index (χ2n) is 7.33. The predicted molar refractivity (Wildman–Crippen MR) is 114 cm³/mol. The highest BCUT2D eigenvalue weighted by atomic mass is 16.5. The SMILES string of the molecule is C=CCc1cc(CN2CCc3nc(-c4ccncc4)[nH]c(=O)c3C2)cc(OC)c1O. The van der Waals surface area contributed by atoms with Crippen LogP contribution in [0.1, 0.15) is 22.4 Å². The number of allylic oxidation sites excluding steroid dienone is 1. The van der Waals surface area contributed by atoms with Crippen LogP contribution in [0.4, 0.5) is 0 Å². The van der Waals surface area contributed by atoms with Crippen molar-refractivity contribution in [2.24, 2.45) is 0 Å². The van der Waals surface area contributed by atoms with Crippen LogP contribution in [0.3, 0.4) is 0 Å². The Morgan fingerprint density at radius 2 is 2.13 bits per heavy atom. The van der Waals surface area contributed by atoms with E-state index in [1.165, 1.54) is 0 Å². The quantitative estimate of drug-likeness (QED) is 0.614. The third-order valence-electron chi connectivity index (χ3n) is 5.31. The Bertz CT molecular complexity index is 1130. The molecule has 30 heavy (non-hydrogen) atoms. The van der Waals surface area contributed by atoms with Crippen molar-refractivity contribution in [1.82, 2.24) is 19.9 Å². The van der Waals surface area contributed by atoms with E-state index in [4.69, 9.17) is 4.74 Å². The normalized spacial score (nSPS) is 13.6. The molecule has 0 saturated carbocycles. The second-order valence-corrected chi connectivity index (χ2v) is 7.33. The third-order valence-corrected chi connectivity index (χ3v) is 5.31. The van der Waals surface area contributed by atoms with Crippen molar-refractivity contribution in [3.8, 4) is 22.9 Å². The summed E-state index contributed by atoms with van der Waals surface area (Å²) < 4.78 is 5.32. The Balaban J connectivity index is 1.57. The summed E-state index contributed by atoms with van der Waals surface area (Å²) in [5.41, 5.74) is 4.08. The molecule has 0 aliphatic carbocycles. The number of nitrogens with zero attached hydrogens (tertiary/aromatic N) is 3. The molecule has 3 heterocycles. The average Bonchev–Trinajstić information content (AvgIpc) is 2.77. The summed E-state index contributed by atoms with van der Waals surface area (Å²) in [4.78, 5) is 26.5. The molecule has 7 heteroatoms. The summed E-state index contributed by atoms with van der Waals surface area (Å²) >= 11 is 0. The molecule has 0 fully saturated rings. The molecule has 0 amide bonds. The molecular weight excluding hydrogens is 380 g/mol. The number of phenols is 1. The number of hydrogen-bond donors (Lipinski definition) is 2. The number of ether oxygens (including phenoxy) is 1. The number of pyridine rings is 1. The minimum absolute atomic E-state index is 0.104. The predicted octanol–water partition coefficient (Wildman–Crippen LogP) is 2.83. The number of benzene rings is 1. The molecule has 154 valence electrons. The molecular formula is C23H24N4O3. The number of fused-ring (bicyclic) bond motifs is 1. The molecule has 0 spiro atoms. The topological polar surface area (TPSA) is 91.3 Å². The van der Waals surface area contributed by atoms with Gasteiger partial charge in [0.1, 0.15) is 5.82 Å². The van der Waals surface area contributed by atoms with Crippen LogP contribution in [0.25, 0.3) is 11.4 Å². The summed E-state index contributed by atoms with van der Waals surface area (Å²) in [6.45, 7) is 5.71. The van der Waals surface area contributed by atoms with Gasteiger partial charge >= 0.3 is 0 Å². The molecule has 0 bridgehead atoms. The molecule has 0 radical (unpaired) electrons. The van der Waals surface area contributed by atoms with Crippen LogP contribution < -0.4 is 10.3 Å². The fourth-order valence-electron chi connectivity index (χ4n) is 3.81. The zero-order chi connectivity index (χ0) is 21.1. The van der Waals surface area contributed by atoms with Gasteiger partial charge in [-0.25, -0.2) is 4.98 Å². The summed E-state index contributed by atoms with van der Waals surface area (Å²) in [7, 11) is 1.54. The van der Waals surface area contributed by atoms with Gasteiger partial charge in [-0.05, 0) is 30.2 Å². The maximum atomic E-state index is 12.7. The number of hydrogen-bond acceptors (Lipinski definition) is 6. The Kier molecular flexibility index (Phi) is 5.63. The van der Waals surface area contributed by atoms with Crippen molar-refractivity contribution < 1.29 is 9.84 Å². The Labute approximate surface area is 174 Å². The van der Waals surface area contributed by atoms with Gasteiger partial charge in [0.05, 0.1) is 18.4 Å². The molecule has 1 aliphatic heterocycles. The highest BCUT2D eigenvalue weighted by Gasteiger charge is 2.22. The second kappa shape index (κ2) is 8.51. The van der Waals surface area contributed by atoms with E-state index in [0.717, 1.165) is 28.9 Å². The first-order chi connectivity index (χ1) is 14.6. The number of nitrogens with one attached hydrogen (secondary N) is 1. The van der Waals surface area contributed by atoms with Crippen LogP contribution in [-0.2, 0) is 25.9 Å². The summed E-state index contributed by atoms with van der Waals surface area (Å²) in [5, 5.41) is 10.3. The molecule has 1 aliphatic rings. The molecule has 2 aromatic heterocycles. The lowest BCUT2D eigenvalue weighted by Crippen LogP contribution is -2.35. The monoisotopic (exact) mass is 404 g/mol. The third kappa shape index (κ3) is 3.97. The Hall–Kier alpha value is -3.45. The lowest BCUT2D eigenvalue weighted by Gasteiger charge is -2.28. The number of phenolic OH excluding ortho intramolecular Hbond substituents is 1. The minimum atomic E-state index is -0.104. The maximum Gasteiger partial charge on any atom is 0.255 e. The van der Waals surface area contributed by atoms with Gasteiger partial charge < -0.3 is 14.8 Å². The molecule has 1 aromatic carbocycles. The Morgan fingerprint density at radius 1 is 1.33 bits per heavy atom. The van der Waals surface area contributed by atoms with Gasteiger partial charge in [0.15, 0.2) is 11.5 Å². The Morgan fingerprint density at radius 3 is 2.87 bits per heavy atom. The molecule has 0 saturated heterocycles. The first-order valence-electron chi connectivity index (χ1n) is 9.83. The zero-order valence-corrected chi connectivity index (χ0v) is 16.9. The van der Waals surface area contributed by atoms with E-state index in [1.54, 1.807) is 25.6 Å². The first-order valence-corrected chi connectivity index (χ1v) is 9.83. The number of aromatic amines is 1.